The molecule has 0 aliphatic heterocycles. The molecule has 0 aromatic heterocycles. The maximum atomic E-state index is 4.86. The molecule has 0 heterocycles. The zero-order valence-electron chi connectivity index (χ0n) is 7.13. The molecular weight excluding hydrogens is 148 g/mol. The topological polar surface area (TPSA) is 9.23 Å². The first-order chi connectivity index (χ1) is 4.93. The van der Waals surface area contributed by atoms with Crippen molar-refractivity contribution in [3.05, 3.63) is 37.3 Å². The molecule has 1 nitrogen and oxygen atoms in total. The van der Waals surface area contributed by atoms with Crippen LogP contribution in [0, 0.1) is 13.0 Å². The van der Waals surface area contributed by atoms with Crippen LogP contribution in [-0.4, -0.2) is 30.2 Å². The molecule has 0 amide bonds. The van der Waals surface area contributed by atoms with Crippen molar-refractivity contribution in [1.82, 2.24) is 0 Å². The third-order valence-corrected chi connectivity index (χ3v) is 0.900. The summed E-state index contributed by atoms with van der Waals surface area (Å²) in [7, 11) is 1.63. The zero-order valence-corrected chi connectivity index (χ0v) is 8.55. The molecule has 56 valence electrons. The Kier molecular flexibility index (Phi) is 11.9. The second-order valence-electron chi connectivity index (χ2n) is 1.43. The summed E-state index contributed by atoms with van der Waals surface area (Å²) in [4.78, 5) is 0. The predicted octanol–water partition coefficient (Wildman–Crippen LogP) is 1.95. The van der Waals surface area contributed by atoms with Crippen LogP contribution in [0.1, 0.15) is 6.92 Å². The van der Waals surface area contributed by atoms with Crippen molar-refractivity contribution in [3.63, 3.8) is 0 Å². The molecule has 1 aromatic rings. The molecule has 0 bridgehead atoms. The van der Waals surface area contributed by atoms with Gasteiger partial charge in [0.25, 0.3) is 0 Å². The van der Waals surface area contributed by atoms with Gasteiger partial charge < -0.3 is 11.7 Å². The Labute approximate surface area is 84.9 Å². The average molecular weight is 160 g/mol. The van der Waals surface area contributed by atoms with Gasteiger partial charge in [-0.25, -0.2) is 0 Å². The Hall–Kier alpha value is -0.214. The van der Waals surface area contributed by atoms with E-state index in [1.54, 1.807) is 14.0 Å². The van der Waals surface area contributed by atoms with E-state index >= 15 is 0 Å². The summed E-state index contributed by atoms with van der Waals surface area (Å²) in [5.74, 6) is 0.785. The van der Waals surface area contributed by atoms with Crippen LogP contribution in [0.3, 0.4) is 0 Å². The minimum Gasteiger partial charge on any atom is -0.523 e. The molecule has 0 unspecified atom stereocenters. The molecule has 0 atom stereocenters. The molecule has 1 rings (SSSR count). The molecule has 11 heavy (non-hydrogen) atoms. The van der Waals surface area contributed by atoms with Gasteiger partial charge in [-0.2, -0.15) is 25.1 Å². The maximum absolute atomic E-state index is 4.86. The fourth-order valence-corrected chi connectivity index (χ4v) is 0.504. The monoisotopic (exact) mass is 160 g/mol. The van der Waals surface area contributed by atoms with Crippen LogP contribution in [0.15, 0.2) is 24.3 Å². The summed E-state index contributed by atoms with van der Waals surface area (Å²) < 4.78 is 4.86. The van der Waals surface area contributed by atoms with Gasteiger partial charge >= 0.3 is 23.1 Å². The van der Waals surface area contributed by atoms with Gasteiger partial charge in [0.15, 0.2) is 0 Å². The fraction of sp³-hybridized carbons (Fsp3) is 0.222. The van der Waals surface area contributed by atoms with Crippen LogP contribution < -0.4 is 4.74 Å². The van der Waals surface area contributed by atoms with E-state index in [9.17, 15) is 0 Å². The average Bonchev–Trinajstić information content (AvgIpc) is 2.10. The molecular formula is C9H12MgO. The van der Waals surface area contributed by atoms with E-state index in [1.165, 1.54) is 0 Å². The van der Waals surface area contributed by atoms with Gasteiger partial charge in [0.1, 0.15) is 0 Å². The van der Waals surface area contributed by atoms with E-state index in [2.05, 4.69) is 13.0 Å². The van der Waals surface area contributed by atoms with Crippen molar-refractivity contribution in [2.45, 2.75) is 6.92 Å². The van der Waals surface area contributed by atoms with E-state index in [-0.39, 0.29) is 23.1 Å². The first-order valence-electron chi connectivity index (χ1n) is 3.15. The molecule has 0 radical (unpaired) electrons. The smallest absolute Gasteiger partial charge is 0.523 e. The van der Waals surface area contributed by atoms with E-state index in [1.807, 2.05) is 24.3 Å². The van der Waals surface area contributed by atoms with Crippen LogP contribution in [0.4, 0.5) is 0 Å². The first kappa shape index (κ1) is 13.4. The third kappa shape index (κ3) is 6.19. The SMILES string of the molecule is COc1[c-]cccc1.[CH2-]C.[Mg+2]. The number of benzene rings is 1. The van der Waals surface area contributed by atoms with Crippen LogP contribution in [0.5, 0.6) is 5.75 Å². The Balaban J connectivity index is 0. The zero-order chi connectivity index (χ0) is 7.82. The summed E-state index contributed by atoms with van der Waals surface area (Å²) in [5, 5.41) is 0. The van der Waals surface area contributed by atoms with Crippen LogP contribution in [0.2, 0.25) is 0 Å². The van der Waals surface area contributed by atoms with Crippen molar-refractivity contribution in [1.29, 1.82) is 0 Å². The van der Waals surface area contributed by atoms with Gasteiger partial charge in [-0.3, -0.25) is 0 Å². The summed E-state index contributed by atoms with van der Waals surface area (Å²) in [6.07, 6.45) is 0. The van der Waals surface area contributed by atoms with E-state index in [0.29, 0.717) is 0 Å². The molecule has 0 saturated carbocycles. The second kappa shape index (κ2) is 9.79. The standard InChI is InChI=1S/C7H7O.C2H5.Mg/c1-8-7-5-3-2-4-6-7;1-2;/h2-5H,1H3;1H2,2H3;/q2*-1;+2. The molecule has 0 aliphatic rings. The summed E-state index contributed by atoms with van der Waals surface area (Å²) >= 11 is 0. The Morgan fingerprint density at radius 2 is 2.00 bits per heavy atom. The molecule has 2 heteroatoms. The van der Waals surface area contributed by atoms with E-state index < -0.39 is 0 Å². The number of ether oxygens (including phenoxy) is 1. The number of hydrogen-bond acceptors (Lipinski definition) is 1. The quantitative estimate of drug-likeness (QED) is 0.451. The molecule has 0 aliphatic carbocycles. The number of methoxy groups -OCH3 is 1. The molecule has 0 spiro atoms. The molecule has 0 N–H and O–H groups in total. The van der Waals surface area contributed by atoms with Crippen molar-refractivity contribution in [2.75, 3.05) is 7.11 Å². The van der Waals surface area contributed by atoms with Crippen molar-refractivity contribution in [2.24, 2.45) is 0 Å². The largest absolute Gasteiger partial charge is 2.00 e. The molecule has 0 fully saturated rings. The number of para-hydroxylation sites is 1. The van der Waals surface area contributed by atoms with E-state index in [4.69, 9.17) is 4.74 Å². The molecule has 0 saturated heterocycles. The minimum atomic E-state index is 0. The second-order valence-corrected chi connectivity index (χ2v) is 1.43. The number of hydrogen-bond donors (Lipinski definition) is 0. The molecule has 1 aromatic carbocycles. The summed E-state index contributed by atoms with van der Waals surface area (Å²) in [5.41, 5.74) is 0. The van der Waals surface area contributed by atoms with Crippen molar-refractivity contribution >= 4 is 23.1 Å². The van der Waals surface area contributed by atoms with E-state index in [0.717, 1.165) is 5.75 Å². The first-order valence-corrected chi connectivity index (χ1v) is 3.15. The Morgan fingerprint density at radius 3 is 2.27 bits per heavy atom. The summed E-state index contributed by atoms with van der Waals surface area (Å²) in [6, 6.07) is 10.4. The summed E-state index contributed by atoms with van der Waals surface area (Å²) in [6.45, 7) is 5.00. The van der Waals surface area contributed by atoms with Gasteiger partial charge in [-0.15, -0.1) is 12.1 Å². The van der Waals surface area contributed by atoms with Crippen molar-refractivity contribution in [3.8, 4) is 5.75 Å². The van der Waals surface area contributed by atoms with Crippen LogP contribution >= 0.6 is 0 Å². The Morgan fingerprint density at radius 1 is 1.36 bits per heavy atom. The van der Waals surface area contributed by atoms with Gasteiger partial charge in [-0.05, 0) is 0 Å². The Bertz CT molecular complexity index is 151. The fourth-order valence-electron chi connectivity index (χ4n) is 0.504. The number of rotatable bonds is 1. The van der Waals surface area contributed by atoms with Gasteiger partial charge in [-0.1, -0.05) is 0 Å². The van der Waals surface area contributed by atoms with Crippen LogP contribution in [0.25, 0.3) is 0 Å². The van der Waals surface area contributed by atoms with Gasteiger partial charge in [0.2, 0.25) is 0 Å². The van der Waals surface area contributed by atoms with Crippen molar-refractivity contribution < 1.29 is 4.74 Å². The van der Waals surface area contributed by atoms with Crippen LogP contribution in [-0.2, 0) is 0 Å². The normalized spacial score (nSPS) is 6.82. The maximum Gasteiger partial charge on any atom is 2.00 e. The minimum absolute atomic E-state index is 0. The predicted molar refractivity (Wildman–Crippen MR) is 48.6 cm³/mol. The van der Waals surface area contributed by atoms with Gasteiger partial charge in [0, 0.05) is 5.75 Å². The third-order valence-electron chi connectivity index (χ3n) is 0.900. The van der Waals surface area contributed by atoms with Gasteiger partial charge in [0.05, 0.1) is 7.11 Å².